The van der Waals surface area contributed by atoms with Crippen molar-refractivity contribution in [2.75, 3.05) is 0 Å². The van der Waals surface area contributed by atoms with Gasteiger partial charge in [-0.1, -0.05) is 59.8 Å². The molecule has 0 spiro atoms. The smallest absolute Gasteiger partial charge is 0.187 e. The third kappa shape index (κ3) is 5.15. The zero-order valence-corrected chi connectivity index (χ0v) is 22.4. The molecule has 1 heterocycles. The molecular formula is C30H48O4. The monoisotopic (exact) mass is 472 g/mol. The molecule has 0 bridgehead atoms. The van der Waals surface area contributed by atoms with E-state index in [4.69, 9.17) is 4.74 Å². The number of ether oxygens (including phenoxy) is 1. The second-order valence-corrected chi connectivity index (χ2v) is 12.0. The summed E-state index contributed by atoms with van der Waals surface area (Å²) in [6.07, 6.45) is 4.63. The third-order valence-electron chi connectivity index (χ3n) is 9.58. The van der Waals surface area contributed by atoms with Crippen LogP contribution in [-0.2, 0) is 9.53 Å². The van der Waals surface area contributed by atoms with Crippen LogP contribution in [0.15, 0.2) is 35.5 Å². The first-order valence-electron chi connectivity index (χ1n) is 13.6. The van der Waals surface area contributed by atoms with E-state index in [1.165, 1.54) is 12.8 Å². The average Bonchev–Trinajstić information content (AvgIpc) is 2.77. The number of aliphatic hydroxyl groups is 2. The van der Waals surface area contributed by atoms with E-state index in [2.05, 4.69) is 54.7 Å². The van der Waals surface area contributed by atoms with Gasteiger partial charge in [-0.25, -0.2) is 0 Å². The van der Waals surface area contributed by atoms with Crippen LogP contribution in [-0.4, -0.2) is 34.5 Å². The van der Waals surface area contributed by atoms with Crippen LogP contribution >= 0.6 is 0 Å². The van der Waals surface area contributed by atoms with E-state index in [-0.39, 0.29) is 23.0 Å². The van der Waals surface area contributed by atoms with E-state index >= 15 is 0 Å². The molecule has 4 nitrogen and oxygen atoms in total. The normalized spacial score (nSPS) is 34.5. The first kappa shape index (κ1) is 27.4. The van der Waals surface area contributed by atoms with Crippen molar-refractivity contribution in [2.45, 2.75) is 111 Å². The predicted octanol–water partition coefficient (Wildman–Crippen LogP) is 6.38. The van der Waals surface area contributed by atoms with Gasteiger partial charge < -0.3 is 14.9 Å². The molecule has 2 aliphatic carbocycles. The van der Waals surface area contributed by atoms with Crippen molar-refractivity contribution in [2.24, 2.45) is 35.0 Å². The SMILES string of the molecule is C=C(C)C(CC1OC(O)C2=C(CCC3C(=C)C(O)CCC23C)C1=O)C(C)CCC(CC)C(C)C. The maximum atomic E-state index is 13.7. The minimum atomic E-state index is -1.07. The molecule has 34 heavy (non-hydrogen) atoms. The molecule has 8 atom stereocenters. The number of hydrogen-bond acceptors (Lipinski definition) is 4. The molecule has 0 aromatic carbocycles. The standard InChI is InChI=1S/C30H48O4/c1-9-21(17(2)3)11-10-19(6)23(18(4)5)16-26-28(32)22-12-13-24-20(7)25(31)14-15-30(24,8)27(22)29(33)34-26/h17,19,21,23-26,29,31,33H,4,7,9-16H2,1-3,5-6,8H3. The molecule has 1 fully saturated rings. The van der Waals surface area contributed by atoms with Gasteiger partial charge >= 0.3 is 0 Å². The highest BCUT2D eigenvalue weighted by Gasteiger charge is 2.53. The van der Waals surface area contributed by atoms with Crippen molar-refractivity contribution in [1.29, 1.82) is 0 Å². The lowest BCUT2D eigenvalue weighted by molar-refractivity contribution is -0.163. The number of rotatable bonds is 9. The molecule has 0 radical (unpaired) electrons. The van der Waals surface area contributed by atoms with E-state index in [1.807, 2.05) is 0 Å². The summed E-state index contributed by atoms with van der Waals surface area (Å²) in [5.74, 6) is 2.11. The van der Waals surface area contributed by atoms with Gasteiger partial charge in [0.15, 0.2) is 12.1 Å². The Bertz CT molecular complexity index is 824. The Morgan fingerprint density at radius 1 is 1.21 bits per heavy atom. The van der Waals surface area contributed by atoms with Crippen LogP contribution in [0, 0.1) is 35.0 Å². The van der Waals surface area contributed by atoms with Crippen molar-refractivity contribution in [1.82, 2.24) is 0 Å². The van der Waals surface area contributed by atoms with E-state index in [0.29, 0.717) is 31.1 Å². The lowest BCUT2D eigenvalue weighted by Gasteiger charge is -2.52. The molecule has 0 aromatic rings. The molecule has 1 aliphatic heterocycles. The predicted molar refractivity (Wildman–Crippen MR) is 138 cm³/mol. The highest BCUT2D eigenvalue weighted by atomic mass is 16.6. The van der Waals surface area contributed by atoms with Crippen LogP contribution in [0.2, 0.25) is 0 Å². The number of Topliss-reactive ketones (excluding diaryl/α,β-unsaturated/α-hetero) is 1. The number of fused-ring (bicyclic) bond motifs is 2. The molecule has 4 heteroatoms. The number of ketones is 1. The van der Waals surface area contributed by atoms with Crippen LogP contribution in [0.5, 0.6) is 0 Å². The Balaban J connectivity index is 1.78. The molecule has 0 aromatic heterocycles. The van der Waals surface area contributed by atoms with E-state index in [9.17, 15) is 15.0 Å². The maximum Gasteiger partial charge on any atom is 0.187 e. The van der Waals surface area contributed by atoms with Crippen molar-refractivity contribution < 1.29 is 19.7 Å². The minimum absolute atomic E-state index is 0.0452. The fourth-order valence-corrected chi connectivity index (χ4v) is 7.20. The number of carbonyl (C=O) groups excluding carboxylic acids is 1. The molecule has 0 saturated heterocycles. The highest BCUT2D eigenvalue weighted by molar-refractivity contribution is 6.00. The fraction of sp³-hybridized carbons (Fsp3) is 0.767. The Morgan fingerprint density at radius 3 is 2.47 bits per heavy atom. The van der Waals surface area contributed by atoms with Gasteiger partial charge in [-0.3, -0.25) is 4.79 Å². The Kier molecular flexibility index (Phi) is 8.69. The van der Waals surface area contributed by atoms with Gasteiger partial charge in [0.25, 0.3) is 0 Å². The Labute approximate surface area is 207 Å². The molecular weight excluding hydrogens is 424 g/mol. The number of hydrogen-bond donors (Lipinski definition) is 2. The van der Waals surface area contributed by atoms with Gasteiger partial charge in [0, 0.05) is 11.0 Å². The second-order valence-electron chi connectivity index (χ2n) is 12.0. The molecule has 3 aliphatic rings. The van der Waals surface area contributed by atoms with Gasteiger partial charge in [-0.15, -0.1) is 0 Å². The first-order chi connectivity index (χ1) is 15.9. The van der Waals surface area contributed by atoms with Crippen molar-refractivity contribution in [3.63, 3.8) is 0 Å². The summed E-state index contributed by atoms with van der Waals surface area (Å²) >= 11 is 0. The fourth-order valence-electron chi connectivity index (χ4n) is 7.20. The van der Waals surface area contributed by atoms with Crippen LogP contribution in [0.4, 0.5) is 0 Å². The zero-order chi connectivity index (χ0) is 25.4. The average molecular weight is 473 g/mol. The summed E-state index contributed by atoms with van der Waals surface area (Å²) < 4.78 is 6.08. The van der Waals surface area contributed by atoms with Gasteiger partial charge in [0.1, 0.15) is 6.10 Å². The van der Waals surface area contributed by atoms with E-state index in [1.54, 1.807) is 0 Å². The van der Waals surface area contributed by atoms with E-state index < -0.39 is 18.5 Å². The lowest BCUT2D eigenvalue weighted by Crippen LogP contribution is -2.51. The molecule has 192 valence electrons. The van der Waals surface area contributed by atoms with Crippen LogP contribution in [0.3, 0.4) is 0 Å². The first-order valence-corrected chi connectivity index (χ1v) is 13.6. The van der Waals surface area contributed by atoms with Crippen LogP contribution in [0.1, 0.15) is 92.9 Å². The van der Waals surface area contributed by atoms with E-state index in [0.717, 1.165) is 47.5 Å². The molecule has 1 saturated carbocycles. The minimum Gasteiger partial charge on any atom is -0.389 e. The van der Waals surface area contributed by atoms with Crippen molar-refractivity contribution >= 4 is 5.78 Å². The van der Waals surface area contributed by atoms with Gasteiger partial charge in [0.2, 0.25) is 0 Å². The second kappa shape index (κ2) is 10.8. The summed E-state index contributed by atoms with van der Waals surface area (Å²) in [5, 5.41) is 21.5. The largest absolute Gasteiger partial charge is 0.389 e. The van der Waals surface area contributed by atoms with Crippen molar-refractivity contribution in [3.05, 3.63) is 35.5 Å². The van der Waals surface area contributed by atoms with Gasteiger partial charge in [0.05, 0.1) is 6.10 Å². The molecule has 0 amide bonds. The quantitative estimate of drug-likeness (QED) is 0.382. The summed E-state index contributed by atoms with van der Waals surface area (Å²) in [7, 11) is 0. The van der Waals surface area contributed by atoms with Crippen LogP contribution < -0.4 is 0 Å². The topological polar surface area (TPSA) is 66.8 Å². The number of aliphatic hydroxyl groups excluding tert-OH is 2. The van der Waals surface area contributed by atoms with Crippen LogP contribution in [0.25, 0.3) is 0 Å². The number of allylic oxidation sites excluding steroid dienone is 1. The highest BCUT2D eigenvalue weighted by Crippen LogP contribution is 2.57. The summed E-state index contributed by atoms with van der Waals surface area (Å²) in [6.45, 7) is 21.7. The lowest BCUT2D eigenvalue weighted by atomic mass is 9.55. The summed E-state index contributed by atoms with van der Waals surface area (Å²) in [5.41, 5.74) is 3.07. The maximum absolute atomic E-state index is 13.7. The summed E-state index contributed by atoms with van der Waals surface area (Å²) in [6, 6.07) is 0. The van der Waals surface area contributed by atoms with Gasteiger partial charge in [-0.05, 0) is 92.6 Å². The zero-order valence-electron chi connectivity index (χ0n) is 22.4. The third-order valence-corrected chi connectivity index (χ3v) is 9.58. The van der Waals surface area contributed by atoms with Crippen molar-refractivity contribution in [3.8, 4) is 0 Å². The molecule has 8 unspecified atom stereocenters. The molecule has 3 rings (SSSR count). The Hall–Kier alpha value is -1.23. The Morgan fingerprint density at radius 2 is 1.88 bits per heavy atom. The van der Waals surface area contributed by atoms with Gasteiger partial charge in [-0.2, -0.15) is 0 Å². The molecule has 2 N–H and O–H groups in total. The number of carbonyl (C=O) groups is 1. The summed E-state index contributed by atoms with van der Waals surface area (Å²) in [4.78, 5) is 13.7.